The maximum atomic E-state index is 12.5. The van der Waals surface area contributed by atoms with Crippen molar-refractivity contribution in [3.05, 3.63) is 60.7 Å². The molecule has 8 heteroatoms. The minimum atomic E-state index is -0.267. The lowest BCUT2D eigenvalue weighted by molar-refractivity contribution is 0.247. The second kappa shape index (κ2) is 7.45. The van der Waals surface area contributed by atoms with Crippen molar-refractivity contribution >= 4 is 11.7 Å². The lowest BCUT2D eigenvalue weighted by Gasteiger charge is -2.19. The molecule has 1 atom stereocenters. The van der Waals surface area contributed by atoms with Crippen molar-refractivity contribution in [1.82, 2.24) is 25.1 Å². The Kier molecular flexibility index (Phi) is 4.69. The third-order valence-electron chi connectivity index (χ3n) is 4.45. The summed E-state index contributed by atoms with van der Waals surface area (Å²) in [6, 6.07) is 9.25. The van der Waals surface area contributed by atoms with Gasteiger partial charge >= 0.3 is 6.03 Å². The van der Waals surface area contributed by atoms with Crippen LogP contribution in [0.2, 0.25) is 0 Å². The summed E-state index contributed by atoms with van der Waals surface area (Å²) >= 11 is 0. The minimum Gasteiger partial charge on any atom is -0.497 e. The topological polar surface area (TPSA) is 94.0 Å². The van der Waals surface area contributed by atoms with Crippen LogP contribution in [0.15, 0.2) is 55.1 Å². The molecule has 0 aliphatic heterocycles. The van der Waals surface area contributed by atoms with Gasteiger partial charge in [0.2, 0.25) is 5.95 Å². The second-order valence-corrected chi connectivity index (χ2v) is 6.41. The number of amides is 2. The quantitative estimate of drug-likeness (QED) is 0.701. The molecule has 1 aromatic carbocycles. The first kappa shape index (κ1) is 17.0. The zero-order valence-corrected chi connectivity index (χ0v) is 14.9. The Bertz CT molecular complexity index is 905. The van der Waals surface area contributed by atoms with Crippen LogP contribution in [-0.2, 0) is 0 Å². The molecule has 1 fully saturated rings. The molecule has 2 N–H and O–H groups in total. The highest BCUT2D eigenvalue weighted by Gasteiger charge is 2.33. The van der Waals surface area contributed by atoms with Crippen LogP contribution < -0.4 is 15.4 Å². The summed E-state index contributed by atoms with van der Waals surface area (Å²) in [6.45, 7) is 0. The van der Waals surface area contributed by atoms with Gasteiger partial charge in [0.05, 0.1) is 31.2 Å². The van der Waals surface area contributed by atoms with Gasteiger partial charge in [-0.05, 0) is 42.5 Å². The van der Waals surface area contributed by atoms with E-state index in [1.54, 1.807) is 38.0 Å². The summed E-state index contributed by atoms with van der Waals surface area (Å²) in [7, 11) is 1.64. The first-order chi connectivity index (χ1) is 13.2. The molecule has 1 aliphatic carbocycles. The summed E-state index contributed by atoms with van der Waals surface area (Å²) < 4.78 is 6.72. The molecule has 2 aromatic heterocycles. The van der Waals surface area contributed by atoms with Crippen molar-refractivity contribution in [1.29, 1.82) is 0 Å². The van der Waals surface area contributed by atoms with Crippen molar-refractivity contribution in [2.45, 2.75) is 18.9 Å². The van der Waals surface area contributed by atoms with Gasteiger partial charge in [-0.1, -0.05) is 12.1 Å². The van der Waals surface area contributed by atoms with E-state index in [-0.39, 0.29) is 12.1 Å². The van der Waals surface area contributed by atoms with Crippen LogP contribution in [0.25, 0.3) is 5.95 Å². The lowest BCUT2D eigenvalue weighted by atomic mass is 10.0. The molecule has 0 saturated heterocycles. The lowest BCUT2D eigenvalue weighted by Crippen LogP contribution is -2.33. The largest absolute Gasteiger partial charge is 0.497 e. The van der Waals surface area contributed by atoms with E-state index in [0.717, 1.165) is 24.2 Å². The van der Waals surface area contributed by atoms with Crippen molar-refractivity contribution in [2.24, 2.45) is 5.92 Å². The van der Waals surface area contributed by atoms with E-state index in [2.05, 4.69) is 25.7 Å². The van der Waals surface area contributed by atoms with Crippen LogP contribution in [-0.4, -0.2) is 32.9 Å². The molecule has 27 heavy (non-hydrogen) atoms. The van der Waals surface area contributed by atoms with Crippen molar-refractivity contribution < 1.29 is 9.53 Å². The molecule has 4 rings (SSSR count). The second-order valence-electron chi connectivity index (χ2n) is 6.41. The molecule has 3 aromatic rings. The molecular weight excluding hydrogens is 344 g/mol. The summed E-state index contributed by atoms with van der Waals surface area (Å²) in [6.07, 6.45) is 8.74. The number of anilines is 1. The van der Waals surface area contributed by atoms with Crippen molar-refractivity contribution in [3.8, 4) is 11.7 Å². The van der Waals surface area contributed by atoms with Gasteiger partial charge in [-0.2, -0.15) is 5.10 Å². The number of urea groups is 1. The van der Waals surface area contributed by atoms with Gasteiger partial charge in [0.1, 0.15) is 5.75 Å². The van der Waals surface area contributed by atoms with E-state index in [9.17, 15) is 4.79 Å². The number of methoxy groups -OCH3 is 1. The normalized spacial score (nSPS) is 14.4. The number of nitrogens with one attached hydrogen (secondary N) is 2. The van der Waals surface area contributed by atoms with E-state index < -0.39 is 0 Å². The number of hydrogen-bond donors (Lipinski definition) is 2. The zero-order chi connectivity index (χ0) is 18.6. The fourth-order valence-electron chi connectivity index (χ4n) is 2.93. The summed E-state index contributed by atoms with van der Waals surface area (Å²) in [5, 5.41) is 10.1. The van der Waals surface area contributed by atoms with Gasteiger partial charge in [0.25, 0.3) is 0 Å². The Balaban J connectivity index is 1.42. The number of nitrogens with zero attached hydrogens (tertiary/aromatic N) is 4. The predicted octanol–water partition coefficient (Wildman–Crippen LogP) is 2.94. The van der Waals surface area contributed by atoms with Crippen LogP contribution in [0.1, 0.15) is 24.4 Å². The molecule has 1 saturated carbocycles. The third kappa shape index (κ3) is 4.05. The molecule has 8 nitrogen and oxygen atoms in total. The van der Waals surface area contributed by atoms with Crippen LogP contribution in [0, 0.1) is 5.92 Å². The first-order valence-electron chi connectivity index (χ1n) is 8.76. The number of ether oxygens (including phenoxy) is 1. The van der Waals surface area contributed by atoms with Crippen LogP contribution >= 0.6 is 0 Å². The average Bonchev–Trinajstić information content (AvgIpc) is 3.45. The third-order valence-corrected chi connectivity index (χ3v) is 4.45. The highest BCUT2D eigenvalue weighted by molar-refractivity contribution is 5.89. The Labute approximate surface area is 156 Å². The van der Waals surface area contributed by atoms with Gasteiger partial charge in [0, 0.05) is 12.4 Å². The number of carbonyl (C=O) groups excluding carboxylic acids is 1. The molecule has 2 heterocycles. The fourth-order valence-corrected chi connectivity index (χ4v) is 2.93. The minimum absolute atomic E-state index is 0.0246. The smallest absolute Gasteiger partial charge is 0.319 e. The zero-order valence-electron chi connectivity index (χ0n) is 14.9. The van der Waals surface area contributed by atoms with E-state index in [0.29, 0.717) is 17.6 Å². The standard InChI is InChI=1S/C19H20N6O2/c1-27-16-7-5-14(6-8-16)17(13-3-4-13)24-19(26)23-15-11-22-25(12-15)18-20-9-2-10-21-18/h2,5-13,17H,3-4H2,1H3,(H2,23,24,26). The van der Waals surface area contributed by atoms with E-state index in [4.69, 9.17) is 4.74 Å². The molecule has 0 bridgehead atoms. The maximum absolute atomic E-state index is 12.5. The molecule has 0 radical (unpaired) electrons. The van der Waals surface area contributed by atoms with Gasteiger partial charge in [0.15, 0.2) is 0 Å². The molecular formula is C19H20N6O2. The first-order valence-corrected chi connectivity index (χ1v) is 8.76. The number of hydrogen-bond acceptors (Lipinski definition) is 5. The predicted molar refractivity (Wildman–Crippen MR) is 99.8 cm³/mol. The van der Waals surface area contributed by atoms with Gasteiger partial charge in [-0.25, -0.2) is 19.4 Å². The van der Waals surface area contributed by atoms with E-state index in [1.165, 1.54) is 4.68 Å². The molecule has 0 spiro atoms. The fraction of sp³-hybridized carbons (Fsp3) is 0.263. The van der Waals surface area contributed by atoms with Crippen molar-refractivity contribution in [3.63, 3.8) is 0 Å². The van der Waals surface area contributed by atoms with E-state index in [1.807, 2.05) is 24.3 Å². The molecule has 1 unspecified atom stereocenters. The average molecular weight is 364 g/mol. The maximum Gasteiger partial charge on any atom is 0.319 e. The SMILES string of the molecule is COc1ccc(C(NC(=O)Nc2cnn(-c3ncccn3)c2)C2CC2)cc1. The number of benzene rings is 1. The van der Waals surface area contributed by atoms with Crippen LogP contribution in [0.4, 0.5) is 10.5 Å². The Morgan fingerprint density at radius 1 is 1.22 bits per heavy atom. The highest BCUT2D eigenvalue weighted by Crippen LogP contribution is 2.41. The number of rotatable bonds is 6. The van der Waals surface area contributed by atoms with Crippen LogP contribution in [0.5, 0.6) is 5.75 Å². The van der Waals surface area contributed by atoms with Gasteiger partial charge in [-0.3, -0.25) is 0 Å². The Morgan fingerprint density at radius 3 is 2.63 bits per heavy atom. The number of aromatic nitrogens is 4. The van der Waals surface area contributed by atoms with Gasteiger partial charge in [-0.15, -0.1) is 0 Å². The Hall–Kier alpha value is -3.42. The monoisotopic (exact) mass is 364 g/mol. The molecule has 2 amide bonds. The van der Waals surface area contributed by atoms with Crippen LogP contribution in [0.3, 0.4) is 0 Å². The Morgan fingerprint density at radius 2 is 1.96 bits per heavy atom. The van der Waals surface area contributed by atoms with Crippen molar-refractivity contribution in [2.75, 3.05) is 12.4 Å². The summed E-state index contributed by atoms with van der Waals surface area (Å²) in [4.78, 5) is 20.7. The van der Waals surface area contributed by atoms with Gasteiger partial charge < -0.3 is 15.4 Å². The summed E-state index contributed by atoms with van der Waals surface area (Å²) in [5.41, 5.74) is 1.64. The summed E-state index contributed by atoms with van der Waals surface area (Å²) in [5.74, 6) is 1.71. The molecule has 1 aliphatic rings. The highest BCUT2D eigenvalue weighted by atomic mass is 16.5. The molecule has 138 valence electrons. The number of carbonyl (C=O) groups is 1. The van der Waals surface area contributed by atoms with E-state index >= 15 is 0 Å².